The Morgan fingerprint density at radius 2 is 1.79 bits per heavy atom. The smallest absolute Gasteiger partial charge is 0.337 e. The molecule has 0 spiro atoms. The largest absolute Gasteiger partial charge is 0.416 e. The van der Waals surface area contributed by atoms with Crippen molar-refractivity contribution in [2.24, 2.45) is 0 Å². The Kier molecular flexibility index (Phi) is 4.80. The van der Waals surface area contributed by atoms with Gasteiger partial charge in [-0.25, -0.2) is 4.39 Å². The van der Waals surface area contributed by atoms with Gasteiger partial charge in [-0.05, 0) is 43.5 Å². The van der Waals surface area contributed by atoms with Gasteiger partial charge < -0.3 is 4.90 Å². The number of hydrogen-bond donors (Lipinski definition) is 0. The summed E-state index contributed by atoms with van der Waals surface area (Å²) in [6, 6.07) is 4.58. The van der Waals surface area contributed by atoms with Crippen molar-refractivity contribution in [1.29, 1.82) is 0 Å². The molecule has 2 atom stereocenters. The van der Waals surface area contributed by atoms with Crippen LogP contribution in [0.1, 0.15) is 30.4 Å². The minimum Gasteiger partial charge on any atom is -0.337 e. The highest BCUT2D eigenvalue weighted by Crippen LogP contribution is 2.30. The molecule has 0 N–H and O–H groups in total. The molecular weight excluding hydrogens is 324 g/mol. The van der Waals surface area contributed by atoms with Crippen LogP contribution in [0.2, 0.25) is 0 Å². The average molecular weight is 344 g/mol. The van der Waals surface area contributed by atoms with E-state index in [1.165, 1.54) is 12.1 Å². The van der Waals surface area contributed by atoms with E-state index in [0.717, 1.165) is 25.1 Å². The molecule has 0 aliphatic carbocycles. The van der Waals surface area contributed by atoms with Gasteiger partial charge in [-0.15, -0.1) is 0 Å². The number of carbonyl (C=O) groups is 1. The Bertz CT molecular complexity index is 587. The molecule has 1 aromatic rings. The van der Waals surface area contributed by atoms with Crippen LogP contribution in [0, 0.1) is 0 Å². The molecule has 0 bridgehead atoms. The van der Waals surface area contributed by atoms with E-state index in [0.29, 0.717) is 38.0 Å². The van der Waals surface area contributed by atoms with Gasteiger partial charge in [0.25, 0.3) is 0 Å². The van der Waals surface area contributed by atoms with Crippen LogP contribution in [0.15, 0.2) is 24.3 Å². The minimum atomic E-state index is -4.36. The Morgan fingerprint density at radius 1 is 1.08 bits per heavy atom. The molecule has 2 aliphatic heterocycles. The summed E-state index contributed by atoms with van der Waals surface area (Å²) in [6.07, 6.45) is -3.29. The second-order valence-corrected chi connectivity index (χ2v) is 6.49. The molecule has 0 aromatic heterocycles. The van der Waals surface area contributed by atoms with Crippen molar-refractivity contribution in [2.75, 3.05) is 19.6 Å². The summed E-state index contributed by atoms with van der Waals surface area (Å²) >= 11 is 0. The van der Waals surface area contributed by atoms with E-state index in [4.69, 9.17) is 0 Å². The van der Waals surface area contributed by atoms with Gasteiger partial charge in [-0.1, -0.05) is 12.1 Å². The maximum absolute atomic E-state index is 13.5. The lowest BCUT2D eigenvalue weighted by Crippen LogP contribution is -2.47. The van der Waals surface area contributed by atoms with Crippen molar-refractivity contribution in [3.8, 4) is 0 Å². The molecule has 0 saturated carbocycles. The highest BCUT2D eigenvalue weighted by molar-refractivity contribution is 5.84. The van der Waals surface area contributed by atoms with Crippen molar-refractivity contribution < 1.29 is 22.4 Å². The third-order valence-corrected chi connectivity index (χ3v) is 4.76. The summed E-state index contributed by atoms with van der Waals surface area (Å²) in [5.74, 6) is -0.0519. The third kappa shape index (κ3) is 3.71. The molecule has 2 saturated heterocycles. The van der Waals surface area contributed by atoms with E-state index in [9.17, 15) is 22.4 Å². The number of amides is 1. The number of likely N-dealkylation sites (tertiary alicyclic amines) is 2. The monoisotopic (exact) mass is 344 g/mol. The molecule has 24 heavy (non-hydrogen) atoms. The van der Waals surface area contributed by atoms with Gasteiger partial charge >= 0.3 is 6.18 Å². The first kappa shape index (κ1) is 17.2. The molecule has 3 nitrogen and oxygen atoms in total. The van der Waals surface area contributed by atoms with Crippen molar-refractivity contribution in [3.63, 3.8) is 0 Å². The van der Waals surface area contributed by atoms with E-state index in [-0.39, 0.29) is 11.9 Å². The first-order valence-corrected chi connectivity index (χ1v) is 8.17. The molecule has 2 heterocycles. The number of carbonyl (C=O) groups excluding carboxylic acids is 1. The fourth-order valence-corrected chi connectivity index (χ4v) is 3.47. The molecule has 2 unspecified atom stereocenters. The first-order chi connectivity index (χ1) is 11.3. The van der Waals surface area contributed by atoms with E-state index in [1.54, 1.807) is 4.90 Å². The van der Waals surface area contributed by atoms with Crippen molar-refractivity contribution in [1.82, 2.24) is 9.80 Å². The predicted molar refractivity (Wildman–Crippen MR) is 81.0 cm³/mol. The average Bonchev–Trinajstić information content (AvgIpc) is 2.88. The molecular formula is C17H20F4N2O. The van der Waals surface area contributed by atoms with Gasteiger partial charge in [0.15, 0.2) is 0 Å². The zero-order valence-electron chi connectivity index (χ0n) is 13.2. The van der Waals surface area contributed by atoms with Gasteiger partial charge in [-0.3, -0.25) is 9.69 Å². The normalized spacial score (nSPS) is 26.2. The molecule has 0 radical (unpaired) electrons. The van der Waals surface area contributed by atoms with Gasteiger partial charge in [0, 0.05) is 19.6 Å². The van der Waals surface area contributed by atoms with Gasteiger partial charge in [-0.2, -0.15) is 13.2 Å². The van der Waals surface area contributed by atoms with Crippen LogP contribution >= 0.6 is 0 Å². The number of piperidine rings is 1. The third-order valence-electron chi connectivity index (χ3n) is 4.76. The standard InChI is InChI=1S/C17H20F4N2O/c18-14-2-1-8-22(11-14)15-7-9-23(16(15)24)10-12-3-5-13(6-4-12)17(19,20)21/h3-6,14-15H,1-2,7-11H2. The first-order valence-electron chi connectivity index (χ1n) is 8.17. The second-order valence-electron chi connectivity index (χ2n) is 6.49. The minimum absolute atomic E-state index is 0.0519. The SMILES string of the molecule is O=C1C(N2CCCC(F)C2)CCN1Cc1ccc(C(F)(F)F)cc1. The number of alkyl halides is 4. The zero-order valence-corrected chi connectivity index (χ0v) is 13.2. The Hall–Kier alpha value is -1.63. The van der Waals surface area contributed by atoms with Gasteiger partial charge in [0.1, 0.15) is 6.17 Å². The molecule has 2 fully saturated rings. The summed E-state index contributed by atoms with van der Waals surface area (Å²) in [5.41, 5.74) is -0.0295. The Labute approximate surface area is 138 Å². The summed E-state index contributed by atoms with van der Waals surface area (Å²) in [7, 11) is 0. The summed E-state index contributed by atoms with van der Waals surface area (Å²) in [5, 5.41) is 0. The second kappa shape index (κ2) is 6.70. The van der Waals surface area contributed by atoms with Gasteiger partial charge in [0.05, 0.1) is 11.6 Å². The van der Waals surface area contributed by atoms with Crippen LogP contribution in [0.3, 0.4) is 0 Å². The number of halogens is 4. The number of benzene rings is 1. The molecule has 2 aliphatic rings. The molecule has 3 rings (SSSR count). The van der Waals surface area contributed by atoms with Crippen LogP contribution in [0.5, 0.6) is 0 Å². The quantitative estimate of drug-likeness (QED) is 0.786. The van der Waals surface area contributed by atoms with Crippen molar-refractivity contribution in [3.05, 3.63) is 35.4 Å². The number of rotatable bonds is 3. The van der Waals surface area contributed by atoms with Crippen LogP contribution in [0.4, 0.5) is 17.6 Å². The van der Waals surface area contributed by atoms with E-state index in [1.807, 2.05) is 4.90 Å². The summed E-state index contributed by atoms with van der Waals surface area (Å²) in [6.45, 7) is 1.87. The highest BCUT2D eigenvalue weighted by atomic mass is 19.4. The number of hydrogen-bond acceptors (Lipinski definition) is 2. The molecule has 7 heteroatoms. The topological polar surface area (TPSA) is 23.6 Å². The van der Waals surface area contributed by atoms with Crippen LogP contribution in [0.25, 0.3) is 0 Å². The zero-order chi connectivity index (χ0) is 17.3. The van der Waals surface area contributed by atoms with Crippen LogP contribution in [-0.4, -0.2) is 47.6 Å². The lowest BCUT2D eigenvalue weighted by molar-refractivity contribution is -0.137. The fraction of sp³-hybridized carbons (Fsp3) is 0.588. The summed E-state index contributed by atoms with van der Waals surface area (Å²) < 4.78 is 51.3. The van der Waals surface area contributed by atoms with Crippen molar-refractivity contribution in [2.45, 2.75) is 44.2 Å². The fourth-order valence-electron chi connectivity index (χ4n) is 3.47. The van der Waals surface area contributed by atoms with E-state index >= 15 is 0 Å². The lowest BCUT2D eigenvalue weighted by atomic mass is 10.1. The highest BCUT2D eigenvalue weighted by Gasteiger charge is 2.38. The molecule has 132 valence electrons. The maximum Gasteiger partial charge on any atom is 0.416 e. The molecule has 1 amide bonds. The number of nitrogens with zero attached hydrogens (tertiary/aromatic N) is 2. The molecule has 1 aromatic carbocycles. The maximum atomic E-state index is 13.5. The Balaban J connectivity index is 1.61. The van der Waals surface area contributed by atoms with E-state index in [2.05, 4.69) is 0 Å². The van der Waals surface area contributed by atoms with Crippen molar-refractivity contribution >= 4 is 5.91 Å². The van der Waals surface area contributed by atoms with E-state index < -0.39 is 17.9 Å². The van der Waals surface area contributed by atoms with Gasteiger partial charge in [0.2, 0.25) is 5.91 Å². The lowest BCUT2D eigenvalue weighted by Gasteiger charge is -2.32. The van der Waals surface area contributed by atoms with Crippen LogP contribution in [-0.2, 0) is 17.5 Å². The van der Waals surface area contributed by atoms with Crippen LogP contribution < -0.4 is 0 Å². The predicted octanol–water partition coefficient (Wildman–Crippen LogP) is 3.24. The Morgan fingerprint density at radius 3 is 2.42 bits per heavy atom. The summed E-state index contributed by atoms with van der Waals surface area (Å²) in [4.78, 5) is 16.1.